The first kappa shape index (κ1) is 12.4. The lowest BCUT2D eigenvalue weighted by Crippen LogP contribution is -2.42. The fraction of sp³-hybridized carbons (Fsp3) is 0.778. The molecule has 2 rings (SSSR count). The molecule has 0 amide bonds. The third kappa shape index (κ3) is 2.60. The van der Waals surface area contributed by atoms with Crippen LogP contribution in [0.5, 0.6) is 0 Å². The maximum Gasteiger partial charge on any atom is 0.328 e. The number of esters is 1. The monoisotopic (exact) mass is 261 g/mol. The highest BCUT2D eigenvalue weighted by Crippen LogP contribution is 2.17. The van der Waals surface area contributed by atoms with Gasteiger partial charge in [-0.2, -0.15) is 4.63 Å². The van der Waals surface area contributed by atoms with Crippen LogP contribution in [0, 0.1) is 0 Å². The summed E-state index contributed by atoms with van der Waals surface area (Å²) in [4.78, 5) is 27.9. The predicted octanol–water partition coefficient (Wildman–Crippen LogP) is -0.593. The van der Waals surface area contributed by atoms with Crippen LogP contribution >= 0.6 is 0 Å². The van der Waals surface area contributed by atoms with Crippen molar-refractivity contribution in [3.63, 3.8) is 0 Å². The predicted molar refractivity (Wildman–Crippen MR) is 56.3 cm³/mol. The van der Waals surface area contributed by atoms with Crippen LogP contribution in [0.2, 0.25) is 0 Å². The van der Waals surface area contributed by atoms with Crippen LogP contribution in [0.4, 0.5) is 0 Å². The Morgan fingerprint density at radius 3 is 2.94 bits per heavy atom. The summed E-state index contributed by atoms with van der Waals surface area (Å²) in [5, 5.41) is 11.5. The van der Waals surface area contributed by atoms with Gasteiger partial charge in [0.15, 0.2) is 0 Å². The molecule has 0 saturated carbocycles. The van der Waals surface area contributed by atoms with Crippen molar-refractivity contribution in [2.45, 2.75) is 32.2 Å². The second kappa shape index (κ2) is 5.07. The summed E-state index contributed by atoms with van der Waals surface area (Å²) >= 11 is 0. The number of carboxylic acids is 1. The number of rotatable bonds is 6. The Balaban J connectivity index is 1.79. The van der Waals surface area contributed by atoms with Gasteiger partial charge in [-0.05, 0) is 12.8 Å². The number of aromatic nitrogens is 2. The van der Waals surface area contributed by atoms with E-state index in [1.807, 2.05) is 0 Å². The minimum Gasteiger partial charge on any atom is -0.480 e. The minimum absolute atomic E-state index is 0.265. The number of ether oxygens (including phenoxy) is 1. The van der Waals surface area contributed by atoms with Gasteiger partial charge in [0.1, 0.15) is 11.1 Å². The lowest BCUT2D eigenvalue weighted by Gasteiger charge is -2.15. The van der Waals surface area contributed by atoms with Gasteiger partial charge in [-0.15, -0.1) is 0 Å². The van der Waals surface area contributed by atoms with Crippen molar-refractivity contribution in [1.82, 2.24) is 9.98 Å². The van der Waals surface area contributed by atoms with E-state index >= 15 is 0 Å². The molecule has 9 nitrogen and oxygen atoms in total. The number of aliphatic carboxylic acids is 1. The summed E-state index contributed by atoms with van der Waals surface area (Å²) in [6.45, 7) is 1.98. The van der Waals surface area contributed by atoms with E-state index in [9.17, 15) is 9.59 Å². The molecule has 1 aliphatic heterocycles. The van der Waals surface area contributed by atoms with Crippen LogP contribution < -0.4 is 9.85 Å². The van der Waals surface area contributed by atoms with Gasteiger partial charge in [0.25, 0.3) is 6.79 Å². The lowest BCUT2D eigenvalue weighted by atomic mass is 10.2. The molecular weight excluding hydrogens is 246 g/mol. The van der Waals surface area contributed by atoms with Crippen molar-refractivity contribution in [2.75, 3.05) is 18.3 Å². The Kier molecular flexibility index (Phi) is 3.49. The lowest BCUT2D eigenvalue weighted by molar-refractivity contribution is -0.159. The van der Waals surface area contributed by atoms with E-state index in [2.05, 4.69) is 4.74 Å². The average Bonchev–Trinajstić information content (AvgIpc) is 2.93. The van der Waals surface area contributed by atoms with Gasteiger partial charge in [0.2, 0.25) is 0 Å². The number of nitrogens with zero attached hydrogens (tertiary/aromatic N) is 3. The Hall–Kier alpha value is -2.06. The molecule has 1 saturated heterocycles. The molecular formula is C9H15N3O6. The number of carboxylic acid groups (broad SMARTS) is 1. The Morgan fingerprint density at radius 2 is 2.28 bits per heavy atom. The maximum absolute atomic E-state index is 10.9. The largest absolute Gasteiger partial charge is 0.480 e. The van der Waals surface area contributed by atoms with Gasteiger partial charge >= 0.3 is 11.9 Å². The zero-order valence-electron chi connectivity index (χ0n) is 9.94. The van der Waals surface area contributed by atoms with E-state index < -0.39 is 12.0 Å². The van der Waals surface area contributed by atoms with Crippen molar-refractivity contribution in [2.24, 2.45) is 0 Å². The van der Waals surface area contributed by atoms with Crippen molar-refractivity contribution in [1.29, 1.82) is 0 Å². The molecule has 0 radical (unpaired) electrons. The Bertz CT molecular complexity index is 419. The molecule has 1 aliphatic rings. The number of hydrogen-bond acceptors (Lipinski definition) is 6. The van der Waals surface area contributed by atoms with Crippen LogP contribution in [-0.2, 0) is 14.3 Å². The highest BCUT2D eigenvalue weighted by Gasteiger charge is 2.36. The molecule has 102 valence electrons. The highest BCUT2D eigenvalue weighted by atomic mass is 17.0. The first-order valence-corrected chi connectivity index (χ1v) is 5.69. The molecule has 1 atom stereocenters. The van der Waals surface area contributed by atoms with Gasteiger partial charge in [-0.1, -0.05) is 6.92 Å². The van der Waals surface area contributed by atoms with E-state index in [0.717, 1.165) is 11.4 Å². The SMILES string of the molecule is CCC(=O)OCOn1on1N1CCCC1C(=O)O. The zero-order valence-corrected chi connectivity index (χ0v) is 9.94. The summed E-state index contributed by atoms with van der Waals surface area (Å²) in [5.41, 5.74) is 0. The van der Waals surface area contributed by atoms with Gasteiger partial charge in [-0.3, -0.25) is 4.79 Å². The minimum atomic E-state index is -0.902. The fourth-order valence-electron chi connectivity index (χ4n) is 1.71. The third-order valence-corrected chi connectivity index (χ3v) is 2.66. The highest BCUT2D eigenvalue weighted by molar-refractivity contribution is 5.75. The van der Waals surface area contributed by atoms with Gasteiger partial charge in [-0.25, -0.2) is 9.80 Å². The smallest absolute Gasteiger partial charge is 0.328 e. The molecule has 0 bridgehead atoms. The molecule has 2 heterocycles. The van der Waals surface area contributed by atoms with Gasteiger partial charge < -0.3 is 14.7 Å². The molecule has 0 spiro atoms. The van der Waals surface area contributed by atoms with Crippen molar-refractivity contribution >= 4 is 11.9 Å². The van der Waals surface area contributed by atoms with Gasteiger partial charge in [0, 0.05) is 13.0 Å². The number of carbonyl (C=O) groups is 2. The summed E-state index contributed by atoms with van der Waals surface area (Å²) in [7, 11) is 0. The molecule has 18 heavy (non-hydrogen) atoms. The Labute approximate surface area is 102 Å². The van der Waals surface area contributed by atoms with Crippen molar-refractivity contribution in [3.05, 3.63) is 0 Å². The quantitative estimate of drug-likeness (QED) is 0.539. The van der Waals surface area contributed by atoms with E-state index in [1.54, 1.807) is 6.92 Å². The molecule has 1 aromatic rings. The zero-order chi connectivity index (χ0) is 13.1. The second-order valence-electron chi connectivity index (χ2n) is 3.85. The normalized spacial score (nSPS) is 19.2. The van der Waals surface area contributed by atoms with Crippen LogP contribution in [0.25, 0.3) is 0 Å². The summed E-state index contributed by atoms with van der Waals surface area (Å²) < 4.78 is 9.60. The third-order valence-electron chi connectivity index (χ3n) is 2.66. The standard InChI is InChI=1S/C9H15N3O6/c1-2-8(13)16-6-17-12-11(18-12)10-5-3-4-7(10)9(14)15/h7H,2-6H2,1H3,(H,14,15). The van der Waals surface area contributed by atoms with Gasteiger partial charge in [0.05, 0.1) is 4.96 Å². The van der Waals surface area contributed by atoms with E-state index in [4.69, 9.17) is 14.6 Å². The van der Waals surface area contributed by atoms with Crippen LogP contribution in [-0.4, -0.2) is 46.4 Å². The second-order valence-corrected chi connectivity index (χ2v) is 3.85. The van der Waals surface area contributed by atoms with Crippen molar-refractivity contribution < 1.29 is 28.9 Å². The average molecular weight is 261 g/mol. The summed E-state index contributed by atoms with van der Waals surface area (Å²) in [6.07, 6.45) is 1.60. The molecule has 1 aromatic heterocycles. The summed E-state index contributed by atoms with van der Waals surface area (Å²) in [5.74, 6) is -1.28. The van der Waals surface area contributed by atoms with E-state index in [-0.39, 0.29) is 19.2 Å². The number of hydrogen-bond donors (Lipinski definition) is 1. The maximum atomic E-state index is 10.9. The van der Waals surface area contributed by atoms with Crippen molar-refractivity contribution in [3.8, 4) is 0 Å². The molecule has 1 fully saturated rings. The Morgan fingerprint density at radius 1 is 1.50 bits per heavy atom. The first-order valence-electron chi connectivity index (χ1n) is 5.69. The molecule has 1 unspecified atom stereocenters. The molecule has 9 heteroatoms. The topological polar surface area (TPSA) is 99.1 Å². The van der Waals surface area contributed by atoms with Crippen LogP contribution in [0.1, 0.15) is 26.2 Å². The first-order chi connectivity index (χ1) is 8.63. The fourth-order valence-corrected chi connectivity index (χ4v) is 1.71. The summed E-state index contributed by atoms with van der Waals surface area (Å²) in [6, 6.07) is -0.614. The number of carbonyl (C=O) groups excluding carboxylic acids is 1. The van der Waals surface area contributed by atoms with Crippen LogP contribution in [0.15, 0.2) is 4.63 Å². The van der Waals surface area contributed by atoms with Crippen LogP contribution in [0.3, 0.4) is 0 Å². The molecule has 1 N–H and O–H groups in total. The van der Waals surface area contributed by atoms with E-state index in [1.165, 1.54) is 9.97 Å². The molecule has 0 aromatic carbocycles. The molecule has 0 aliphatic carbocycles. The van der Waals surface area contributed by atoms with E-state index in [0.29, 0.717) is 13.0 Å².